The number of piperidine rings is 1. The highest BCUT2D eigenvalue weighted by Gasteiger charge is 2.36. The lowest BCUT2D eigenvalue weighted by Crippen LogP contribution is -2.50. The molecule has 3 heteroatoms. The fourth-order valence-corrected chi connectivity index (χ4v) is 2.60. The Morgan fingerprint density at radius 1 is 1.38 bits per heavy atom. The Balaban J connectivity index is 1.92. The van der Waals surface area contributed by atoms with Crippen molar-refractivity contribution in [3.63, 3.8) is 0 Å². The van der Waals surface area contributed by atoms with Crippen molar-refractivity contribution in [1.29, 1.82) is 0 Å². The van der Waals surface area contributed by atoms with Crippen molar-refractivity contribution < 1.29 is 4.79 Å². The van der Waals surface area contributed by atoms with Gasteiger partial charge in [0, 0.05) is 12.6 Å². The lowest BCUT2D eigenvalue weighted by atomic mass is 9.93. The maximum absolute atomic E-state index is 12.4. The summed E-state index contributed by atoms with van der Waals surface area (Å²) in [6, 6.07) is 0.655. The summed E-state index contributed by atoms with van der Waals surface area (Å²) in [6.07, 6.45) is 5.74. The summed E-state index contributed by atoms with van der Waals surface area (Å²) in [6.45, 7) is 6.35. The van der Waals surface area contributed by atoms with Gasteiger partial charge in [0.15, 0.2) is 0 Å². The number of amides is 1. The van der Waals surface area contributed by atoms with Crippen LogP contribution in [-0.2, 0) is 4.79 Å². The number of rotatable bonds is 4. The monoisotopic (exact) mass is 224 g/mol. The average molecular weight is 224 g/mol. The molecule has 16 heavy (non-hydrogen) atoms. The van der Waals surface area contributed by atoms with Crippen LogP contribution in [0.1, 0.15) is 46.0 Å². The Bertz CT molecular complexity index is 250. The van der Waals surface area contributed by atoms with Gasteiger partial charge in [-0.05, 0) is 44.6 Å². The van der Waals surface area contributed by atoms with Crippen molar-refractivity contribution in [1.82, 2.24) is 10.2 Å². The second kappa shape index (κ2) is 5.17. The zero-order valence-electron chi connectivity index (χ0n) is 10.5. The van der Waals surface area contributed by atoms with Gasteiger partial charge < -0.3 is 10.2 Å². The summed E-state index contributed by atoms with van der Waals surface area (Å²) in [5, 5.41) is 3.38. The second-order valence-electron chi connectivity index (χ2n) is 5.40. The molecular formula is C13H24N2O. The van der Waals surface area contributed by atoms with Gasteiger partial charge in [-0.3, -0.25) is 4.79 Å². The summed E-state index contributed by atoms with van der Waals surface area (Å²) < 4.78 is 0. The molecule has 1 N–H and O–H groups in total. The van der Waals surface area contributed by atoms with Crippen molar-refractivity contribution in [2.45, 2.75) is 58.0 Å². The summed E-state index contributed by atoms with van der Waals surface area (Å²) in [5.74, 6) is 1.05. The van der Waals surface area contributed by atoms with Crippen LogP contribution in [0.15, 0.2) is 0 Å². The van der Waals surface area contributed by atoms with E-state index in [9.17, 15) is 4.79 Å². The van der Waals surface area contributed by atoms with E-state index >= 15 is 0 Å². The number of carbonyl (C=O) groups is 1. The zero-order chi connectivity index (χ0) is 11.5. The Kier molecular flexibility index (Phi) is 3.85. The predicted molar refractivity (Wildman–Crippen MR) is 65.2 cm³/mol. The lowest BCUT2D eigenvalue weighted by Gasteiger charge is -2.32. The molecule has 1 heterocycles. The molecule has 1 aliphatic carbocycles. The van der Waals surface area contributed by atoms with Gasteiger partial charge in [0.25, 0.3) is 0 Å². The average Bonchev–Trinajstić information content (AvgIpc) is 3.09. The van der Waals surface area contributed by atoms with Crippen molar-refractivity contribution >= 4 is 5.91 Å². The van der Waals surface area contributed by atoms with Gasteiger partial charge >= 0.3 is 0 Å². The van der Waals surface area contributed by atoms with Gasteiger partial charge in [-0.1, -0.05) is 13.8 Å². The van der Waals surface area contributed by atoms with Crippen molar-refractivity contribution in [2.24, 2.45) is 5.92 Å². The van der Waals surface area contributed by atoms with Gasteiger partial charge in [-0.2, -0.15) is 0 Å². The van der Waals surface area contributed by atoms with Crippen molar-refractivity contribution in [3.8, 4) is 0 Å². The van der Waals surface area contributed by atoms with E-state index < -0.39 is 0 Å². The maximum Gasteiger partial charge on any atom is 0.239 e. The summed E-state index contributed by atoms with van der Waals surface area (Å²) in [4.78, 5) is 14.5. The quantitative estimate of drug-likeness (QED) is 0.789. The third-order valence-corrected chi connectivity index (χ3v) is 3.70. The molecule has 92 valence electrons. The largest absolute Gasteiger partial charge is 0.338 e. The number of nitrogens with one attached hydrogen (secondary N) is 1. The van der Waals surface area contributed by atoms with Crippen LogP contribution in [0, 0.1) is 5.92 Å². The zero-order valence-corrected chi connectivity index (χ0v) is 10.5. The van der Waals surface area contributed by atoms with Crippen LogP contribution in [0.5, 0.6) is 0 Å². The Hall–Kier alpha value is -0.570. The molecule has 3 nitrogen and oxygen atoms in total. The highest BCUT2D eigenvalue weighted by Crippen LogP contribution is 2.28. The first-order valence-electron chi connectivity index (χ1n) is 6.76. The van der Waals surface area contributed by atoms with E-state index in [0.29, 0.717) is 17.9 Å². The summed E-state index contributed by atoms with van der Waals surface area (Å²) in [7, 11) is 0. The van der Waals surface area contributed by atoms with E-state index in [1.807, 2.05) is 0 Å². The fraction of sp³-hybridized carbons (Fsp3) is 0.923. The molecular weight excluding hydrogens is 200 g/mol. The van der Waals surface area contributed by atoms with Gasteiger partial charge in [0.2, 0.25) is 5.91 Å². The molecule has 0 aromatic carbocycles. The van der Waals surface area contributed by atoms with Gasteiger partial charge in [0.1, 0.15) is 0 Å². The molecule has 0 spiro atoms. The molecule has 1 saturated heterocycles. The number of hydrogen-bond donors (Lipinski definition) is 1. The van der Waals surface area contributed by atoms with E-state index in [2.05, 4.69) is 24.1 Å². The smallest absolute Gasteiger partial charge is 0.239 e. The topological polar surface area (TPSA) is 32.3 Å². The van der Waals surface area contributed by atoms with E-state index in [1.165, 1.54) is 19.3 Å². The van der Waals surface area contributed by atoms with E-state index in [-0.39, 0.29) is 6.04 Å². The molecule has 2 atom stereocenters. The summed E-state index contributed by atoms with van der Waals surface area (Å²) >= 11 is 0. The van der Waals surface area contributed by atoms with Gasteiger partial charge in [-0.15, -0.1) is 0 Å². The molecule has 0 aromatic rings. The Morgan fingerprint density at radius 3 is 2.69 bits per heavy atom. The van der Waals surface area contributed by atoms with Crippen LogP contribution in [0.2, 0.25) is 0 Å². The van der Waals surface area contributed by atoms with E-state index in [4.69, 9.17) is 0 Å². The molecule has 1 saturated carbocycles. The maximum atomic E-state index is 12.4. The molecule has 1 amide bonds. The minimum atomic E-state index is 0.0934. The number of nitrogens with zero attached hydrogens (tertiary/aromatic N) is 1. The minimum Gasteiger partial charge on any atom is -0.338 e. The van der Waals surface area contributed by atoms with Crippen LogP contribution in [0.25, 0.3) is 0 Å². The van der Waals surface area contributed by atoms with E-state index in [1.54, 1.807) is 0 Å². The van der Waals surface area contributed by atoms with Crippen molar-refractivity contribution in [2.75, 3.05) is 13.1 Å². The molecule has 2 rings (SSSR count). The number of carbonyl (C=O) groups excluding carboxylic acids is 1. The van der Waals surface area contributed by atoms with Crippen LogP contribution < -0.4 is 5.32 Å². The molecule has 1 aliphatic heterocycles. The van der Waals surface area contributed by atoms with Gasteiger partial charge in [0.05, 0.1) is 6.04 Å². The molecule has 2 fully saturated rings. The SMILES string of the molecule is CCCN(C(=O)C1CC(C)CCN1)C1CC1. The van der Waals surface area contributed by atoms with Crippen LogP contribution in [0.3, 0.4) is 0 Å². The van der Waals surface area contributed by atoms with Crippen LogP contribution in [-0.4, -0.2) is 36.0 Å². The molecule has 2 unspecified atom stereocenters. The molecule has 2 aliphatic rings. The summed E-state index contributed by atoms with van der Waals surface area (Å²) in [5.41, 5.74) is 0. The Labute approximate surface area is 98.6 Å². The first kappa shape index (κ1) is 11.9. The molecule has 0 aromatic heterocycles. The lowest BCUT2D eigenvalue weighted by molar-refractivity contribution is -0.135. The normalized spacial score (nSPS) is 30.1. The standard InChI is InChI=1S/C13H24N2O/c1-3-8-15(11-4-5-11)13(16)12-9-10(2)6-7-14-12/h10-12,14H,3-9H2,1-2H3. The highest BCUT2D eigenvalue weighted by molar-refractivity contribution is 5.82. The first-order valence-corrected chi connectivity index (χ1v) is 6.76. The number of hydrogen-bond acceptors (Lipinski definition) is 2. The highest BCUT2D eigenvalue weighted by atomic mass is 16.2. The molecule has 0 bridgehead atoms. The predicted octanol–water partition coefficient (Wildman–Crippen LogP) is 1.78. The third kappa shape index (κ3) is 2.76. The second-order valence-corrected chi connectivity index (χ2v) is 5.40. The van der Waals surface area contributed by atoms with Crippen LogP contribution in [0.4, 0.5) is 0 Å². The van der Waals surface area contributed by atoms with Gasteiger partial charge in [-0.25, -0.2) is 0 Å². The minimum absolute atomic E-state index is 0.0934. The third-order valence-electron chi connectivity index (χ3n) is 3.70. The van der Waals surface area contributed by atoms with Crippen molar-refractivity contribution in [3.05, 3.63) is 0 Å². The van der Waals surface area contributed by atoms with Crippen LogP contribution >= 0.6 is 0 Å². The fourth-order valence-electron chi connectivity index (χ4n) is 2.60. The first-order chi connectivity index (χ1) is 7.72. The molecule has 0 radical (unpaired) electrons. The van der Waals surface area contributed by atoms with E-state index in [0.717, 1.165) is 25.9 Å². The Morgan fingerprint density at radius 2 is 2.12 bits per heavy atom.